The quantitative estimate of drug-likeness (QED) is 0.782. The normalized spacial score (nSPS) is 10.5. The largest absolute Gasteiger partial charge is 0.495 e. The number of pyridine rings is 1. The van der Waals surface area contributed by atoms with Crippen LogP contribution in [0, 0.1) is 18.3 Å². The fraction of sp³-hybridized carbons (Fsp3) is 0.125. The van der Waals surface area contributed by atoms with Crippen LogP contribution in [0.2, 0.25) is 0 Å². The molecule has 3 rings (SSSR count). The van der Waals surface area contributed by atoms with Crippen LogP contribution in [-0.4, -0.2) is 16.5 Å². The van der Waals surface area contributed by atoms with Gasteiger partial charge >= 0.3 is 0 Å². The Morgan fingerprint density at radius 2 is 2.14 bits per heavy atom. The van der Waals surface area contributed by atoms with E-state index in [1.54, 1.807) is 19.2 Å². The zero-order chi connectivity index (χ0) is 15.0. The molecule has 2 N–H and O–H groups in total. The number of nitriles is 1. The number of nitrogens with two attached hydrogens (primary N) is 1. The number of rotatable bonds is 2. The van der Waals surface area contributed by atoms with Crippen molar-refractivity contribution in [1.82, 2.24) is 9.38 Å². The Hall–Kier alpha value is -3.00. The molecule has 2 aromatic heterocycles. The molecule has 0 aliphatic carbocycles. The number of methoxy groups -OCH3 is 1. The molecular weight excluding hydrogens is 264 g/mol. The van der Waals surface area contributed by atoms with Gasteiger partial charge in [0.2, 0.25) is 0 Å². The van der Waals surface area contributed by atoms with Gasteiger partial charge in [0.25, 0.3) is 0 Å². The molecule has 0 spiro atoms. The molecule has 3 aromatic rings. The fourth-order valence-electron chi connectivity index (χ4n) is 2.38. The molecule has 21 heavy (non-hydrogen) atoms. The molecule has 1 aromatic carbocycles. The average molecular weight is 278 g/mol. The first-order valence-corrected chi connectivity index (χ1v) is 6.47. The van der Waals surface area contributed by atoms with E-state index in [1.807, 2.05) is 35.7 Å². The third-order valence-corrected chi connectivity index (χ3v) is 3.48. The number of anilines is 1. The smallest absolute Gasteiger partial charge is 0.142 e. The summed E-state index contributed by atoms with van der Waals surface area (Å²) in [6, 6.07) is 11.4. The van der Waals surface area contributed by atoms with Gasteiger partial charge in [-0.3, -0.25) is 4.40 Å². The van der Waals surface area contributed by atoms with Crippen LogP contribution in [-0.2, 0) is 0 Å². The molecule has 0 bridgehead atoms. The fourth-order valence-corrected chi connectivity index (χ4v) is 2.38. The SMILES string of the molecule is COc1ccc(-c2nc3c(C)cccn3c2N)cc1C#N. The highest BCUT2D eigenvalue weighted by Gasteiger charge is 2.14. The average Bonchev–Trinajstić information content (AvgIpc) is 2.85. The van der Waals surface area contributed by atoms with Crippen LogP contribution in [0.3, 0.4) is 0 Å². The second kappa shape index (κ2) is 4.84. The summed E-state index contributed by atoms with van der Waals surface area (Å²) in [5.41, 5.74) is 9.98. The van der Waals surface area contributed by atoms with Crippen molar-refractivity contribution >= 4 is 11.5 Å². The minimum Gasteiger partial charge on any atom is -0.495 e. The van der Waals surface area contributed by atoms with Crippen molar-refractivity contribution in [3.05, 3.63) is 47.7 Å². The summed E-state index contributed by atoms with van der Waals surface area (Å²) >= 11 is 0. The number of hydrogen-bond acceptors (Lipinski definition) is 4. The van der Waals surface area contributed by atoms with E-state index in [0.29, 0.717) is 22.8 Å². The van der Waals surface area contributed by atoms with Crippen molar-refractivity contribution < 1.29 is 4.74 Å². The number of hydrogen-bond donors (Lipinski definition) is 1. The molecule has 5 heteroatoms. The van der Waals surface area contributed by atoms with Gasteiger partial charge in [0, 0.05) is 11.8 Å². The van der Waals surface area contributed by atoms with Gasteiger partial charge < -0.3 is 10.5 Å². The van der Waals surface area contributed by atoms with Crippen molar-refractivity contribution in [2.24, 2.45) is 0 Å². The summed E-state index contributed by atoms with van der Waals surface area (Å²) in [5, 5.41) is 9.19. The van der Waals surface area contributed by atoms with Gasteiger partial charge in [-0.2, -0.15) is 5.26 Å². The molecule has 104 valence electrons. The standard InChI is InChI=1S/C16H14N4O/c1-10-4-3-7-20-15(18)14(19-16(10)20)11-5-6-13(21-2)12(8-11)9-17/h3-8H,18H2,1-2H3. The molecule has 0 radical (unpaired) electrons. The Kier molecular flexibility index (Phi) is 2.99. The highest BCUT2D eigenvalue weighted by Crippen LogP contribution is 2.30. The molecule has 5 nitrogen and oxygen atoms in total. The maximum absolute atomic E-state index is 9.19. The van der Waals surface area contributed by atoms with Crippen molar-refractivity contribution in [2.45, 2.75) is 6.92 Å². The van der Waals surface area contributed by atoms with Crippen LogP contribution in [0.15, 0.2) is 36.5 Å². The van der Waals surface area contributed by atoms with E-state index in [2.05, 4.69) is 11.1 Å². The Morgan fingerprint density at radius 3 is 2.81 bits per heavy atom. The lowest BCUT2D eigenvalue weighted by Crippen LogP contribution is -1.95. The Morgan fingerprint density at radius 1 is 1.33 bits per heavy atom. The summed E-state index contributed by atoms with van der Waals surface area (Å²) < 4.78 is 7.00. The number of benzene rings is 1. The zero-order valence-corrected chi connectivity index (χ0v) is 11.8. The second-order valence-corrected chi connectivity index (χ2v) is 4.76. The lowest BCUT2D eigenvalue weighted by Gasteiger charge is -2.04. The van der Waals surface area contributed by atoms with E-state index in [-0.39, 0.29) is 0 Å². The van der Waals surface area contributed by atoms with Crippen LogP contribution in [0.4, 0.5) is 5.82 Å². The Labute approximate surface area is 122 Å². The predicted octanol–water partition coefficient (Wildman–Crippen LogP) is 2.77. The minimum atomic E-state index is 0.461. The number of fused-ring (bicyclic) bond motifs is 1. The van der Waals surface area contributed by atoms with Crippen molar-refractivity contribution in [1.29, 1.82) is 5.26 Å². The molecule has 0 amide bonds. The predicted molar refractivity (Wildman–Crippen MR) is 81.0 cm³/mol. The van der Waals surface area contributed by atoms with Gasteiger partial charge in [0.1, 0.15) is 29.0 Å². The molecule has 0 saturated heterocycles. The van der Waals surface area contributed by atoms with Gasteiger partial charge in [-0.1, -0.05) is 6.07 Å². The van der Waals surface area contributed by atoms with Crippen molar-refractivity contribution in [3.63, 3.8) is 0 Å². The summed E-state index contributed by atoms with van der Waals surface area (Å²) in [6.07, 6.45) is 1.88. The van der Waals surface area contributed by atoms with Crippen molar-refractivity contribution in [2.75, 3.05) is 12.8 Å². The van der Waals surface area contributed by atoms with E-state index in [0.717, 1.165) is 16.8 Å². The Balaban J connectivity index is 2.24. The molecule has 0 atom stereocenters. The summed E-state index contributed by atoms with van der Waals surface area (Å²) in [6.45, 7) is 1.99. The summed E-state index contributed by atoms with van der Waals surface area (Å²) in [5.74, 6) is 1.10. The minimum absolute atomic E-state index is 0.461. The van der Waals surface area contributed by atoms with E-state index in [4.69, 9.17) is 10.5 Å². The first-order chi connectivity index (χ1) is 10.2. The van der Waals surface area contributed by atoms with Crippen LogP contribution in [0.5, 0.6) is 5.75 Å². The summed E-state index contributed by atoms with van der Waals surface area (Å²) in [4.78, 5) is 4.60. The topological polar surface area (TPSA) is 76.3 Å². The second-order valence-electron chi connectivity index (χ2n) is 4.76. The Bertz CT molecular complexity index is 874. The molecule has 0 unspecified atom stereocenters. The molecule has 0 fully saturated rings. The third kappa shape index (κ3) is 1.98. The number of imidazole rings is 1. The zero-order valence-electron chi connectivity index (χ0n) is 11.8. The van der Waals surface area contributed by atoms with E-state index in [1.165, 1.54) is 0 Å². The maximum atomic E-state index is 9.19. The van der Waals surface area contributed by atoms with Crippen LogP contribution in [0.1, 0.15) is 11.1 Å². The highest BCUT2D eigenvalue weighted by molar-refractivity contribution is 5.77. The van der Waals surface area contributed by atoms with Crippen molar-refractivity contribution in [3.8, 4) is 23.1 Å². The van der Waals surface area contributed by atoms with Gasteiger partial charge in [0.15, 0.2) is 0 Å². The van der Waals surface area contributed by atoms with E-state index >= 15 is 0 Å². The van der Waals surface area contributed by atoms with Gasteiger partial charge in [-0.25, -0.2) is 4.98 Å². The molecule has 0 aliphatic heterocycles. The van der Waals surface area contributed by atoms with Crippen LogP contribution < -0.4 is 10.5 Å². The van der Waals surface area contributed by atoms with Crippen LogP contribution in [0.25, 0.3) is 16.9 Å². The van der Waals surface area contributed by atoms with Gasteiger partial charge in [-0.15, -0.1) is 0 Å². The van der Waals surface area contributed by atoms with E-state index in [9.17, 15) is 5.26 Å². The molecule has 2 heterocycles. The van der Waals surface area contributed by atoms with Gasteiger partial charge in [-0.05, 0) is 36.8 Å². The lowest BCUT2D eigenvalue weighted by molar-refractivity contribution is 0.413. The number of aromatic nitrogens is 2. The number of ether oxygens (including phenoxy) is 1. The van der Waals surface area contributed by atoms with Gasteiger partial charge in [0.05, 0.1) is 12.7 Å². The molecular formula is C16H14N4O. The lowest BCUT2D eigenvalue weighted by atomic mass is 10.1. The molecule has 0 aliphatic rings. The number of nitrogen functional groups attached to an aromatic ring is 1. The summed E-state index contributed by atoms with van der Waals surface area (Å²) in [7, 11) is 1.54. The molecule has 0 saturated carbocycles. The first-order valence-electron chi connectivity index (χ1n) is 6.47. The monoisotopic (exact) mass is 278 g/mol. The third-order valence-electron chi connectivity index (χ3n) is 3.48. The highest BCUT2D eigenvalue weighted by atomic mass is 16.5. The van der Waals surface area contributed by atoms with E-state index < -0.39 is 0 Å². The first kappa shape index (κ1) is 13.0. The maximum Gasteiger partial charge on any atom is 0.142 e. The number of aryl methyl sites for hydroxylation is 1. The number of nitrogens with zero attached hydrogens (tertiary/aromatic N) is 3. The van der Waals surface area contributed by atoms with Crippen LogP contribution >= 0.6 is 0 Å².